The molecule has 0 fully saturated rings. The maximum atomic E-state index is 11.9. The monoisotopic (exact) mass is 258 g/mol. The highest BCUT2D eigenvalue weighted by Gasteiger charge is 2.07. The topological polar surface area (TPSA) is 50.2 Å². The van der Waals surface area contributed by atoms with Crippen molar-refractivity contribution in [3.63, 3.8) is 0 Å². The molecule has 0 unspecified atom stereocenters. The number of carbonyl (C=O) groups excluding carboxylic acids is 1. The molecule has 5 nitrogen and oxygen atoms in total. The van der Waals surface area contributed by atoms with Crippen molar-refractivity contribution in [1.82, 2.24) is 14.7 Å². The highest BCUT2D eigenvalue weighted by molar-refractivity contribution is 5.94. The van der Waals surface area contributed by atoms with Gasteiger partial charge in [-0.25, -0.2) is 0 Å². The van der Waals surface area contributed by atoms with Crippen LogP contribution in [0.1, 0.15) is 15.9 Å². The summed E-state index contributed by atoms with van der Waals surface area (Å²) in [5.74, 6) is 0.00466. The number of hydrogen-bond donors (Lipinski definition) is 1. The number of benzene rings is 1. The minimum Gasteiger partial charge on any atom is -0.381 e. The van der Waals surface area contributed by atoms with E-state index in [0.717, 1.165) is 11.3 Å². The van der Waals surface area contributed by atoms with Gasteiger partial charge in [-0.2, -0.15) is 5.10 Å². The Hall–Kier alpha value is -2.30. The van der Waals surface area contributed by atoms with Gasteiger partial charge in [-0.3, -0.25) is 9.48 Å². The van der Waals surface area contributed by atoms with Crippen LogP contribution in [0.15, 0.2) is 36.7 Å². The number of anilines is 1. The summed E-state index contributed by atoms with van der Waals surface area (Å²) in [7, 11) is 5.38. The van der Waals surface area contributed by atoms with Crippen LogP contribution in [0.25, 0.3) is 0 Å². The molecule has 1 N–H and O–H groups in total. The SMILES string of the molecule is CN(C)C(=O)c1cccc(NCc2cnn(C)c2)c1. The molecular formula is C14H18N4O. The van der Waals surface area contributed by atoms with Crippen molar-refractivity contribution in [3.05, 3.63) is 47.8 Å². The third-order valence-electron chi connectivity index (χ3n) is 2.77. The molecule has 0 bridgehead atoms. The summed E-state index contributed by atoms with van der Waals surface area (Å²) in [5, 5.41) is 7.40. The molecule has 0 aliphatic rings. The Kier molecular flexibility index (Phi) is 3.85. The second-order valence-electron chi connectivity index (χ2n) is 4.66. The fourth-order valence-electron chi connectivity index (χ4n) is 1.79. The normalized spacial score (nSPS) is 10.3. The highest BCUT2D eigenvalue weighted by Crippen LogP contribution is 2.13. The summed E-state index contributed by atoms with van der Waals surface area (Å²) in [4.78, 5) is 13.4. The number of hydrogen-bond acceptors (Lipinski definition) is 3. The van der Waals surface area contributed by atoms with E-state index in [2.05, 4.69) is 10.4 Å². The largest absolute Gasteiger partial charge is 0.381 e. The van der Waals surface area contributed by atoms with Crippen LogP contribution in [0.5, 0.6) is 0 Å². The Morgan fingerprint density at radius 1 is 1.42 bits per heavy atom. The van der Waals surface area contributed by atoms with Gasteiger partial charge in [-0.05, 0) is 18.2 Å². The molecule has 0 spiro atoms. The van der Waals surface area contributed by atoms with Crippen LogP contribution < -0.4 is 5.32 Å². The molecule has 2 rings (SSSR count). The summed E-state index contributed by atoms with van der Waals surface area (Å²) in [6.07, 6.45) is 3.78. The van der Waals surface area contributed by atoms with Gasteiger partial charge in [0.25, 0.3) is 5.91 Å². The van der Waals surface area contributed by atoms with E-state index >= 15 is 0 Å². The lowest BCUT2D eigenvalue weighted by Gasteiger charge is -2.11. The van der Waals surface area contributed by atoms with E-state index in [-0.39, 0.29) is 5.91 Å². The van der Waals surface area contributed by atoms with Crippen molar-refractivity contribution < 1.29 is 4.79 Å². The molecular weight excluding hydrogens is 240 g/mol. The molecule has 1 heterocycles. The first-order valence-corrected chi connectivity index (χ1v) is 6.09. The molecule has 100 valence electrons. The van der Waals surface area contributed by atoms with Crippen molar-refractivity contribution in [3.8, 4) is 0 Å². The van der Waals surface area contributed by atoms with Crippen molar-refractivity contribution in [2.24, 2.45) is 7.05 Å². The van der Waals surface area contributed by atoms with Gasteiger partial charge in [0.15, 0.2) is 0 Å². The van der Waals surface area contributed by atoms with Gasteiger partial charge in [0.1, 0.15) is 0 Å². The zero-order valence-corrected chi connectivity index (χ0v) is 11.4. The minimum absolute atomic E-state index is 0.00466. The predicted molar refractivity (Wildman–Crippen MR) is 75.0 cm³/mol. The van der Waals surface area contributed by atoms with E-state index < -0.39 is 0 Å². The van der Waals surface area contributed by atoms with Gasteiger partial charge in [0.2, 0.25) is 0 Å². The maximum absolute atomic E-state index is 11.9. The van der Waals surface area contributed by atoms with Crippen molar-refractivity contribution in [1.29, 1.82) is 0 Å². The standard InChI is InChI=1S/C14H18N4O/c1-17(2)14(19)12-5-4-6-13(7-12)15-8-11-9-16-18(3)10-11/h4-7,9-10,15H,8H2,1-3H3. The second-order valence-corrected chi connectivity index (χ2v) is 4.66. The average molecular weight is 258 g/mol. The smallest absolute Gasteiger partial charge is 0.253 e. The lowest BCUT2D eigenvalue weighted by Crippen LogP contribution is -2.21. The molecule has 0 aliphatic heterocycles. The summed E-state index contributed by atoms with van der Waals surface area (Å²) in [6.45, 7) is 0.688. The molecule has 0 aliphatic carbocycles. The zero-order valence-electron chi connectivity index (χ0n) is 11.4. The fraction of sp³-hybridized carbons (Fsp3) is 0.286. The Morgan fingerprint density at radius 2 is 2.21 bits per heavy atom. The Balaban J connectivity index is 2.05. The Bertz CT molecular complexity index is 574. The maximum Gasteiger partial charge on any atom is 0.253 e. The molecule has 19 heavy (non-hydrogen) atoms. The first kappa shape index (κ1) is 13.1. The van der Waals surface area contributed by atoms with Gasteiger partial charge >= 0.3 is 0 Å². The number of aromatic nitrogens is 2. The molecule has 2 aromatic rings. The van der Waals surface area contributed by atoms with Crippen LogP contribution in [0.2, 0.25) is 0 Å². The van der Waals surface area contributed by atoms with E-state index in [1.807, 2.05) is 43.7 Å². The van der Waals surface area contributed by atoms with E-state index in [9.17, 15) is 4.79 Å². The van der Waals surface area contributed by atoms with Gasteiger partial charge in [0.05, 0.1) is 6.20 Å². The van der Waals surface area contributed by atoms with E-state index in [4.69, 9.17) is 0 Å². The lowest BCUT2D eigenvalue weighted by molar-refractivity contribution is 0.0827. The van der Waals surface area contributed by atoms with Gasteiger partial charge in [0, 0.05) is 50.7 Å². The lowest BCUT2D eigenvalue weighted by atomic mass is 10.2. The molecule has 0 atom stereocenters. The molecule has 5 heteroatoms. The Labute approximate surface area is 112 Å². The summed E-state index contributed by atoms with van der Waals surface area (Å²) < 4.78 is 1.77. The average Bonchev–Trinajstić information content (AvgIpc) is 2.81. The molecule has 0 radical (unpaired) electrons. The van der Waals surface area contributed by atoms with E-state index in [1.54, 1.807) is 23.7 Å². The van der Waals surface area contributed by atoms with Gasteiger partial charge in [-0.1, -0.05) is 6.07 Å². The number of nitrogens with zero attached hydrogens (tertiary/aromatic N) is 3. The van der Waals surface area contributed by atoms with Crippen LogP contribution >= 0.6 is 0 Å². The third-order valence-corrected chi connectivity index (χ3v) is 2.77. The van der Waals surface area contributed by atoms with Crippen molar-refractivity contribution in [2.45, 2.75) is 6.54 Å². The molecule has 0 saturated heterocycles. The number of aryl methyl sites for hydroxylation is 1. The first-order valence-electron chi connectivity index (χ1n) is 6.09. The number of rotatable bonds is 4. The van der Waals surface area contributed by atoms with Crippen molar-refractivity contribution >= 4 is 11.6 Å². The van der Waals surface area contributed by atoms with Crippen molar-refractivity contribution in [2.75, 3.05) is 19.4 Å². The highest BCUT2D eigenvalue weighted by atomic mass is 16.2. The Morgan fingerprint density at radius 3 is 2.84 bits per heavy atom. The number of amides is 1. The molecule has 1 aromatic heterocycles. The minimum atomic E-state index is 0.00466. The van der Waals surface area contributed by atoms with E-state index in [1.165, 1.54) is 0 Å². The third kappa shape index (κ3) is 3.34. The summed E-state index contributed by atoms with van der Waals surface area (Å²) >= 11 is 0. The number of nitrogens with one attached hydrogen (secondary N) is 1. The molecule has 1 aromatic carbocycles. The van der Waals surface area contributed by atoms with Crippen LogP contribution in [0.4, 0.5) is 5.69 Å². The van der Waals surface area contributed by atoms with E-state index in [0.29, 0.717) is 12.1 Å². The second kappa shape index (κ2) is 5.56. The zero-order chi connectivity index (χ0) is 13.8. The number of carbonyl (C=O) groups is 1. The summed E-state index contributed by atoms with van der Waals surface area (Å²) in [5.41, 5.74) is 2.71. The van der Waals surface area contributed by atoms with Crippen LogP contribution in [-0.2, 0) is 13.6 Å². The van der Waals surface area contributed by atoms with Crippen LogP contribution in [0, 0.1) is 0 Å². The van der Waals surface area contributed by atoms with Gasteiger partial charge in [-0.15, -0.1) is 0 Å². The fourth-order valence-corrected chi connectivity index (χ4v) is 1.79. The van der Waals surface area contributed by atoms with Gasteiger partial charge < -0.3 is 10.2 Å². The quantitative estimate of drug-likeness (QED) is 0.908. The molecule has 1 amide bonds. The van der Waals surface area contributed by atoms with Crippen LogP contribution in [0.3, 0.4) is 0 Å². The first-order chi connectivity index (χ1) is 9.06. The predicted octanol–water partition coefficient (Wildman–Crippen LogP) is 1.73. The molecule has 0 saturated carbocycles. The summed E-state index contributed by atoms with van der Waals surface area (Å²) in [6, 6.07) is 7.50. The van der Waals surface area contributed by atoms with Crippen LogP contribution in [-0.4, -0.2) is 34.7 Å².